The van der Waals surface area contributed by atoms with Crippen molar-refractivity contribution in [1.29, 1.82) is 0 Å². The van der Waals surface area contributed by atoms with E-state index in [0.29, 0.717) is 35.4 Å². The van der Waals surface area contributed by atoms with Gasteiger partial charge in [0, 0.05) is 36.8 Å². The second kappa shape index (κ2) is 10.4. The smallest absolute Gasteiger partial charge is 0.261 e. The van der Waals surface area contributed by atoms with E-state index in [-0.39, 0.29) is 11.3 Å². The number of carbonyl (C=O) groups excluding carboxylic acids is 1. The molecule has 0 radical (unpaired) electrons. The summed E-state index contributed by atoms with van der Waals surface area (Å²) in [4.78, 5) is 28.8. The van der Waals surface area contributed by atoms with Crippen LogP contribution in [0.4, 0.5) is 23.3 Å². The number of quaternary nitrogens is 1. The van der Waals surface area contributed by atoms with E-state index in [2.05, 4.69) is 70.1 Å². The Balaban J connectivity index is 1.66. The van der Waals surface area contributed by atoms with Crippen molar-refractivity contribution in [3.8, 4) is 0 Å². The van der Waals surface area contributed by atoms with E-state index in [1.807, 2.05) is 12.1 Å². The highest BCUT2D eigenvalue weighted by atomic mass is 16.3. The lowest BCUT2D eigenvalue weighted by atomic mass is 9.78. The summed E-state index contributed by atoms with van der Waals surface area (Å²) in [6.07, 6.45) is 3.12. The third-order valence-electron chi connectivity index (χ3n) is 6.35. The maximum Gasteiger partial charge on any atom is 0.261 e. The fourth-order valence-corrected chi connectivity index (χ4v) is 4.71. The van der Waals surface area contributed by atoms with Crippen molar-refractivity contribution < 1.29 is 15.2 Å². The Bertz CT molecular complexity index is 1310. The number of aliphatic hydroxyl groups is 1. The molecule has 5 N–H and O–H groups in total. The molecule has 4 rings (SSSR count). The van der Waals surface area contributed by atoms with Crippen LogP contribution in [0, 0.1) is 0 Å². The summed E-state index contributed by atoms with van der Waals surface area (Å²) in [7, 11) is 2.13. The Morgan fingerprint density at radius 1 is 1.27 bits per heavy atom. The molecular weight excluding hydrogens is 466 g/mol. The maximum atomic E-state index is 12.8. The van der Waals surface area contributed by atoms with Crippen molar-refractivity contribution in [2.75, 3.05) is 25.5 Å². The summed E-state index contributed by atoms with van der Waals surface area (Å²) >= 11 is 0. The van der Waals surface area contributed by atoms with Crippen LogP contribution in [-0.4, -0.2) is 51.0 Å². The van der Waals surface area contributed by atoms with E-state index in [4.69, 9.17) is 0 Å². The minimum atomic E-state index is -1.10. The van der Waals surface area contributed by atoms with Crippen molar-refractivity contribution in [3.05, 3.63) is 77.6 Å². The standard InChI is InChI=1S/C28H35N7O2/c1-7-13-29-25(36)20-15-30-26(34-24(20)33-23-10-8-9-22(32-23)28(4,5)37)31-19-11-12-21-18(14-19)16-35(6)17-27(21,2)3/h7-12,14-15,37H,1,13,16-17H2,2-6H3,(H,29,36)(H2,30,31,32,33,34)/p+1. The first-order valence-corrected chi connectivity index (χ1v) is 12.4. The van der Waals surface area contributed by atoms with Crippen LogP contribution in [0.2, 0.25) is 0 Å². The molecule has 3 heterocycles. The molecular formula is C28H36N7O2+. The van der Waals surface area contributed by atoms with Crippen LogP contribution in [0.25, 0.3) is 0 Å². The Hall–Kier alpha value is -3.66. The number of rotatable bonds is 8. The predicted octanol–water partition coefficient (Wildman–Crippen LogP) is 3.01. The molecule has 9 nitrogen and oxygen atoms in total. The highest BCUT2D eigenvalue weighted by Gasteiger charge is 2.30. The lowest BCUT2D eigenvalue weighted by molar-refractivity contribution is -0.487. The SMILES string of the molecule is C=CCNC(=O)c1cnc(Nc2ccc3c(c2)CN(C)CC3(C)C)nc1[NH2+]c1cccc(C(C)(C)O)n1. The molecule has 0 bridgehead atoms. The third-order valence-corrected chi connectivity index (χ3v) is 6.35. The van der Waals surface area contributed by atoms with Gasteiger partial charge in [-0.2, -0.15) is 9.97 Å². The molecule has 0 spiro atoms. The Labute approximate surface area is 218 Å². The van der Waals surface area contributed by atoms with Gasteiger partial charge in [-0.05, 0) is 50.2 Å². The van der Waals surface area contributed by atoms with Crippen molar-refractivity contribution in [2.45, 2.75) is 45.3 Å². The molecule has 0 saturated heterocycles. The fourth-order valence-electron chi connectivity index (χ4n) is 4.71. The largest absolute Gasteiger partial charge is 0.384 e. The Morgan fingerprint density at radius 3 is 2.78 bits per heavy atom. The van der Waals surface area contributed by atoms with E-state index in [1.54, 1.807) is 37.4 Å². The van der Waals surface area contributed by atoms with Gasteiger partial charge < -0.3 is 20.6 Å². The molecule has 9 heteroatoms. The van der Waals surface area contributed by atoms with Crippen LogP contribution in [-0.2, 0) is 17.6 Å². The quantitative estimate of drug-likeness (QED) is 0.350. The number of likely N-dealkylation sites (N-methyl/N-ethyl adjacent to an activating group) is 1. The van der Waals surface area contributed by atoms with Crippen molar-refractivity contribution in [3.63, 3.8) is 0 Å². The number of carbonyl (C=O) groups is 1. The van der Waals surface area contributed by atoms with Crippen LogP contribution in [0.15, 0.2) is 55.3 Å². The minimum Gasteiger partial charge on any atom is -0.384 e. The van der Waals surface area contributed by atoms with Gasteiger partial charge in [0.05, 0.1) is 11.9 Å². The molecule has 0 unspecified atom stereocenters. The highest BCUT2D eigenvalue weighted by Crippen LogP contribution is 2.34. The van der Waals surface area contributed by atoms with Gasteiger partial charge in [0.1, 0.15) is 11.2 Å². The average Bonchev–Trinajstić information content (AvgIpc) is 2.81. The minimum absolute atomic E-state index is 0.0740. The second-order valence-corrected chi connectivity index (χ2v) is 10.7. The van der Waals surface area contributed by atoms with Crippen LogP contribution in [0.3, 0.4) is 0 Å². The van der Waals surface area contributed by atoms with Gasteiger partial charge in [0.25, 0.3) is 5.91 Å². The molecule has 1 aromatic carbocycles. The van der Waals surface area contributed by atoms with Gasteiger partial charge in [-0.1, -0.05) is 32.1 Å². The number of amides is 1. The molecule has 0 fully saturated rings. The van der Waals surface area contributed by atoms with Crippen LogP contribution in [0.1, 0.15) is 54.9 Å². The number of hydrogen-bond acceptors (Lipinski definition) is 7. The Kier molecular flexibility index (Phi) is 7.40. The lowest BCUT2D eigenvalue weighted by Crippen LogP contribution is -2.73. The van der Waals surface area contributed by atoms with E-state index in [9.17, 15) is 9.90 Å². The highest BCUT2D eigenvalue weighted by molar-refractivity contribution is 5.97. The molecule has 1 aliphatic heterocycles. The number of nitrogens with zero attached hydrogens (tertiary/aromatic N) is 4. The predicted molar refractivity (Wildman–Crippen MR) is 144 cm³/mol. The molecule has 0 saturated carbocycles. The Morgan fingerprint density at radius 2 is 2.05 bits per heavy atom. The monoisotopic (exact) mass is 502 g/mol. The van der Waals surface area contributed by atoms with Gasteiger partial charge in [-0.25, -0.2) is 10.3 Å². The van der Waals surface area contributed by atoms with E-state index < -0.39 is 5.60 Å². The average molecular weight is 503 g/mol. The van der Waals surface area contributed by atoms with Crippen LogP contribution in [0.5, 0.6) is 0 Å². The molecule has 1 amide bonds. The summed E-state index contributed by atoms with van der Waals surface area (Å²) in [6, 6.07) is 11.7. The summed E-state index contributed by atoms with van der Waals surface area (Å²) in [5, 5.41) is 18.2. The summed E-state index contributed by atoms with van der Waals surface area (Å²) in [5.41, 5.74) is 3.31. The number of benzene rings is 1. The zero-order valence-corrected chi connectivity index (χ0v) is 22.2. The van der Waals surface area contributed by atoms with Gasteiger partial charge >= 0.3 is 0 Å². The summed E-state index contributed by atoms with van der Waals surface area (Å²) in [6.45, 7) is 13.7. The normalized spacial score (nSPS) is 15.1. The van der Waals surface area contributed by atoms with Crippen molar-refractivity contribution >= 4 is 29.2 Å². The zero-order chi connectivity index (χ0) is 26.8. The number of nitrogens with one attached hydrogen (secondary N) is 2. The first kappa shape index (κ1) is 26.4. The summed E-state index contributed by atoms with van der Waals surface area (Å²) in [5.74, 6) is 1.04. The molecule has 2 aromatic heterocycles. The van der Waals surface area contributed by atoms with E-state index in [0.717, 1.165) is 18.8 Å². The van der Waals surface area contributed by atoms with Crippen LogP contribution < -0.4 is 16.0 Å². The first-order valence-electron chi connectivity index (χ1n) is 12.4. The molecule has 1 aliphatic rings. The first-order chi connectivity index (χ1) is 17.5. The third kappa shape index (κ3) is 6.19. The number of pyridine rings is 1. The lowest BCUT2D eigenvalue weighted by Gasteiger charge is -2.38. The van der Waals surface area contributed by atoms with Crippen molar-refractivity contribution in [1.82, 2.24) is 25.2 Å². The molecule has 0 aliphatic carbocycles. The van der Waals surface area contributed by atoms with Gasteiger partial charge in [0.15, 0.2) is 0 Å². The second-order valence-electron chi connectivity index (χ2n) is 10.7. The molecule has 0 atom stereocenters. The van der Waals surface area contributed by atoms with E-state index in [1.165, 1.54) is 17.3 Å². The number of hydrogen-bond donors (Lipinski definition) is 4. The maximum absolute atomic E-state index is 12.8. The molecule has 194 valence electrons. The van der Waals surface area contributed by atoms with Gasteiger partial charge in [-0.3, -0.25) is 4.79 Å². The van der Waals surface area contributed by atoms with Crippen molar-refractivity contribution in [2.24, 2.45) is 0 Å². The zero-order valence-electron chi connectivity index (χ0n) is 22.2. The van der Waals surface area contributed by atoms with Crippen LogP contribution >= 0.6 is 0 Å². The molecule has 37 heavy (non-hydrogen) atoms. The number of nitrogens with two attached hydrogens (primary N) is 1. The van der Waals surface area contributed by atoms with E-state index >= 15 is 0 Å². The van der Waals surface area contributed by atoms with Gasteiger partial charge in [0.2, 0.25) is 17.6 Å². The number of aromatic nitrogens is 3. The topological polar surface area (TPSA) is 120 Å². The number of anilines is 2. The molecule has 3 aromatic rings. The van der Waals surface area contributed by atoms with Gasteiger partial charge in [-0.15, -0.1) is 6.58 Å². The summed E-state index contributed by atoms with van der Waals surface area (Å²) < 4.78 is 0. The number of fused-ring (bicyclic) bond motifs is 1. The fraction of sp³-hybridized carbons (Fsp3) is 0.357.